The Kier molecular flexibility index (Phi) is 11.4. The molecule has 0 aliphatic heterocycles. The van der Waals surface area contributed by atoms with E-state index in [1.54, 1.807) is 24.3 Å². The molecule has 0 aliphatic rings. The Bertz CT molecular complexity index is 1880. The first-order valence-electron chi connectivity index (χ1n) is 14.6. The molecule has 1 amide bonds. The maximum atomic E-state index is 13.5. The Labute approximate surface area is 291 Å². The van der Waals surface area contributed by atoms with Crippen LogP contribution >= 0.6 is 0 Å². The van der Waals surface area contributed by atoms with Crippen molar-refractivity contribution < 1.29 is 56.2 Å². The monoisotopic (exact) mass is 648 g/mol. The van der Waals surface area contributed by atoms with Gasteiger partial charge in [0.1, 0.15) is 5.82 Å². The Balaban J connectivity index is 0.00000480. The van der Waals surface area contributed by atoms with Gasteiger partial charge in [-0.25, -0.2) is 12.8 Å². The molecule has 1 N–H and O–H groups in total. The van der Waals surface area contributed by atoms with Crippen molar-refractivity contribution in [2.45, 2.75) is 38.5 Å². The summed E-state index contributed by atoms with van der Waals surface area (Å²) in [4.78, 5) is 12.4. The van der Waals surface area contributed by atoms with Gasteiger partial charge in [-0.05, 0) is 70.0 Å². The molecule has 0 spiro atoms. The first-order chi connectivity index (χ1) is 21.4. The van der Waals surface area contributed by atoms with Crippen molar-refractivity contribution in [3.8, 4) is 22.5 Å². The van der Waals surface area contributed by atoms with Crippen LogP contribution in [0, 0.1) is 5.82 Å². The molecule has 5 aromatic rings. The third kappa shape index (κ3) is 9.24. The number of benzene rings is 4. The fourth-order valence-corrected chi connectivity index (χ4v) is 5.46. The van der Waals surface area contributed by atoms with Gasteiger partial charge >= 0.3 is 29.6 Å². The summed E-state index contributed by atoms with van der Waals surface area (Å²) in [6.07, 6.45) is 0.576. The summed E-state index contributed by atoms with van der Waals surface area (Å²) < 4.78 is 51.8. The normalized spacial score (nSPS) is 12.3. The first kappa shape index (κ1) is 35.3. The zero-order valence-corrected chi connectivity index (χ0v) is 29.1. The second-order valence-corrected chi connectivity index (χ2v) is 13.6. The van der Waals surface area contributed by atoms with Crippen LogP contribution in [0.5, 0.6) is 0 Å². The first-order valence-corrected chi connectivity index (χ1v) is 16.2. The van der Waals surface area contributed by atoms with Crippen LogP contribution in [-0.2, 0) is 22.0 Å². The molecule has 7 nitrogen and oxygen atoms in total. The summed E-state index contributed by atoms with van der Waals surface area (Å²) in [5, 5.41) is 6.95. The fraction of sp³-hybridized carbons (Fsp3) is 0.222. The van der Waals surface area contributed by atoms with Gasteiger partial charge in [-0.1, -0.05) is 92.7 Å². The number of amides is 1. The summed E-state index contributed by atoms with van der Waals surface area (Å²) >= 11 is 0. The molecule has 1 atom stereocenters. The molecule has 10 heteroatoms. The van der Waals surface area contributed by atoms with E-state index in [0.717, 1.165) is 33.5 Å². The average molecular weight is 649 g/mol. The molecule has 0 saturated heterocycles. The molecule has 0 radical (unpaired) electrons. The van der Waals surface area contributed by atoms with Gasteiger partial charge in [-0.3, -0.25) is 4.79 Å². The average Bonchev–Trinajstić information content (AvgIpc) is 3.50. The number of aromatic nitrogens is 1. The van der Waals surface area contributed by atoms with E-state index in [0.29, 0.717) is 17.7 Å². The van der Waals surface area contributed by atoms with Crippen LogP contribution < -0.4 is 34.9 Å². The maximum absolute atomic E-state index is 13.5. The number of hydrogen-bond donors (Lipinski definition) is 1. The molecule has 232 valence electrons. The molecule has 0 fully saturated rings. The minimum absolute atomic E-state index is 0. The Hall–Kier alpha value is -3.60. The van der Waals surface area contributed by atoms with E-state index < -0.39 is 21.8 Å². The van der Waals surface area contributed by atoms with Gasteiger partial charge in [-0.15, -0.1) is 0 Å². The Morgan fingerprint density at radius 1 is 0.891 bits per heavy atom. The molecule has 1 heterocycles. The smallest absolute Gasteiger partial charge is 0.748 e. The predicted octanol–water partition coefficient (Wildman–Crippen LogP) is 4.10. The number of nitrogens with zero attached hydrogens (tertiary/aromatic N) is 1. The topological polar surface area (TPSA) is 112 Å². The van der Waals surface area contributed by atoms with Gasteiger partial charge in [0.25, 0.3) is 5.91 Å². The summed E-state index contributed by atoms with van der Waals surface area (Å²) in [6, 6.07) is 31.6. The molecule has 0 bridgehead atoms. The zero-order valence-electron chi connectivity index (χ0n) is 26.3. The number of nitrogens with one attached hydrogen (secondary N) is 1. The molecule has 1 unspecified atom stereocenters. The van der Waals surface area contributed by atoms with Crippen LogP contribution in [0.4, 0.5) is 4.39 Å². The van der Waals surface area contributed by atoms with E-state index in [9.17, 15) is 22.2 Å². The van der Waals surface area contributed by atoms with E-state index in [-0.39, 0.29) is 53.3 Å². The summed E-state index contributed by atoms with van der Waals surface area (Å²) in [7, 11) is -4.41. The van der Waals surface area contributed by atoms with E-state index in [1.165, 1.54) is 17.7 Å². The van der Waals surface area contributed by atoms with Crippen molar-refractivity contribution in [1.29, 1.82) is 0 Å². The van der Waals surface area contributed by atoms with Gasteiger partial charge in [0.05, 0.1) is 21.6 Å². The van der Waals surface area contributed by atoms with Crippen molar-refractivity contribution in [2.75, 3.05) is 12.3 Å². The van der Waals surface area contributed by atoms with Crippen molar-refractivity contribution in [2.24, 2.45) is 0 Å². The zero-order chi connectivity index (χ0) is 32.2. The largest absolute Gasteiger partial charge is 1.00 e. The van der Waals surface area contributed by atoms with Gasteiger partial charge in [0, 0.05) is 29.7 Å². The molecule has 46 heavy (non-hydrogen) atoms. The van der Waals surface area contributed by atoms with E-state index >= 15 is 0 Å². The predicted molar refractivity (Wildman–Crippen MR) is 171 cm³/mol. The summed E-state index contributed by atoms with van der Waals surface area (Å²) in [6.45, 7) is 6.25. The summed E-state index contributed by atoms with van der Waals surface area (Å²) in [5.74, 6) is -0.953. The number of hydrogen-bond acceptors (Lipinski definition) is 6. The van der Waals surface area contributed by atoms with Crippen LogP contribution in [0.1, 0.15) is 59.4 Å². The standard InChI is InChI=1S/C36H35FN2O5S.Na/c1-36(2,3)30-15-11-26(12-16-30)32(21-24-7-9-27(10-8-24)35(40)38-19-20-45(41,42)43)33-23-34(44-39-33)29-6-4-5-28(22-29)25-13-17-31(37)18-14-25;/h4-18,22-23,32H,19-21H2,1-3H3,(H,38,40)(H,41,42,43);/q;+1/p-1. The van der Waals surface area contributed by atoms with Gasteiger partial charge in [-0.2, -0.15) is 0 Å². The Morgan fingerprint density at radius 3 is 2.17 bits per heavy atom. The molecular weight excluding hydrogens is 614 g/mol. The summed E-state index contributed by atoms with van der Waals surface area (Å²) in [5.41, 5.74) is 7.00. The molecule has 0 aliphatic carbocycles. The van der Waals surface area contributed by atoms with Crippen molar-refractivity contribution in [1.82, 2.24) is 10.5 Å². The van der Waals surface area contributed by atoms with Gasteiger partial charge < -0.3 is 14.4 Å². The fourth-order valence-electron chi connectivity index (χ4n) is 5.11. The SMILES string of the molecule is CC(C)(C)c1ccc(C(Cc2ccc(C(=O)NCCS(=O)(=O)[O-])cc2)c2cc(-c3cccc(-c4ccc(F)cc4)c3)on2)cc1.[Na+]. The van der Waals surface area contributed by atoms with Crippen LogP contribution in [0.2, 0.25) is 0 Å². The third-order valence-electron chi connectivity index (χ3n) is 7.68. The van der Waals surface area contributed by atoms with Crippen molar-refractivity contribution in [3.63, 3.8) is 0 Å². The molecular formula is C36H34FN2NaO5S. The van der Waals surface area contributed by atoms with Crippen LogP contribution in [-0.4, -0.2) is 36.3 Å². The second-order valence-electron chi connectivity index (χ2n) is 12.0. The third-order valence-corrected chi connectivity index (χ3v) is 8.39. The molecule has 1 aromatic heterocycles. The van der Waals surface area contributed by atoms with Crippen molar-refractivity contribution in [3.05, 3.63) is 137 Å². The molecule has 5 rings (SSSR count). The second kappa shape index (κ2) is 14.9. The van der Waals surface area contributed by atoms with E-state index in [2.05, 4.69) is 55.5 Å². The van der Waals surface area contributed by atoms with E-state index in [4.69, 9.17) is 4.52 Å². The van der Waals surface area contributed by atoms with Crippen LogP contribution in [0.3, 0.4) is 0 Å². The van der Waals surface area contributed by atoms with E-state index in [1.807, 2.05) is 42.5 Å². The van der Waals surface area contributed by atoms with Crippen LogP contribution in [0.25, 0.3) is 22.5 Å². The molecule has 4 aromatic carbocycles. The minimum atomic E-state index is -4.41. The quantitative estimate of drug-likeness (QED) is 0.180. The maximum Gasteiger partial charge on any atom is 1.00 e. The number of carbonyl (C=O) groups excluding carboxylic acids is 1. The number of halogens is 1. The minimum Gasteiger partial charge on any atom is -0.748 e. The number of carbonyl (C=O) groups is 1. The number of rotatable bonds is 10. The Morgan fingerprint density at radius 2 is 1.54 bits per heavy atom. The van der Waals surface area contributed by atoms with Crippen LogP contribution in [0.15, 0.2) is 108 Å². The molecule has 0 saturated carbocycles. The van der Waals surface area contributed by atoms with Crippen molar-refractivity contribution >= 4 is 16.0 Å². The van der Waals surface area contributed by atoms with Gasteiger partial charge in [0.15, 0.2) is 5.76 Å². The van der Waals surface area contributed by atoms with Gasteiger partial charge in [0.2, 0.25) is 0 Å².